The number of urea groups is 1. The molecule has 0 aromatic carbocycles. The molecule has 0 saturated carbocycles. The fraction of sp³-hybridized carbons (Fsp3) is 0.353. The number of rotatable bonds is 3. The second-order valence-corrected chi connectivity index (χ2v) is 5.61. The van der Waals surface area contributed by atoms with Crippen molar-refractivity contribution in [2.45, 2.75) is 13.0 Å². The third-order valence-electron chi connectivity index (χ3n) is 4.07. The molecule has 1 unspecified atom stereocenters. The van der Waals surface area contributed by atoms with Crippen LogP contribution in [0.3, 0.4) is 0 Å². The summed E-state index contributed by atoms with van der Waals surface area (Å²) < 4.78 is 0. The molecule has 23 heavy (non-hydrogen) atoms. The largest absolute Gasteiger partial charge is 0.368 e. The van der Waals surface area contributed by atoms with Gasteiger partial charge in [-0.1, -0.05) is 6.07 Å². The van der Waals surface area contributed by atoms with E-state index >= 15 is 0 Å². The highest BCUT2D eigenvalue weighted by Gasteiger charge is 2.22. The second kappa shape index (κ2) is 7.09. The summed E-state index contributed by atoms with van der Waals surface area (Å²) in [6.45, 7) is 5.03. The molecule has 2 aromatic rings. The summed E-state index contributed by atoms with van der Waals surface area (Å²) in [6.07, 6.45) is 5.33. The van der Waals surface area contributed by atoms with Gasteiger partial charge in [-0.3, -0.25) is 9.97 Å². The number of carbonyl (C=O) groups excluding carboxylic acids is 1. The molecule has 6 heteroatoms. The van der Waals surface area contributed by atoms with Crippen molar-refractivity contribution < 1.29 is 4.79 Å². The molecule has 1 aliphatic rings. The average Bonchev–Trinajstić information content (AvgIpc) is 2.63. The summed E-state index contributed by atoms with van der Waals surface area (Å²) in [7, 11) is 0. The lowest BCUT2D eigenvalue weighted by Crippen LogP contribution is -2.52. The van der Waals surface area contributed by atoms with Gasteiger partial charge in [0, 0.05) is 50.5 Å². The lowest BCUT2D eigenvalue weighted by molar-refractivity contribution is 0.191. The number of nitrogens with zero attached hydrogens (tertiary/aromatic N) is 4. The topological polar surface area (TPSA) is 61.4 Å². The molecule has 0 bridgehead atoms. The van der Waals surface area contributed by atoms with E-state index in [1.807, 2.05) is 42.2 Å². The van der Waals surface area contributed by atoms with Gasteiger partial charge in [0.2, 0.25) is 0 Å². The fourth-order valence-corrected chi connectivity index (χ4v) is 2.71. The Morgan fingerprint density at radius 3 is 2.48 bits per heavy atom. The maximum Gasteiger partial charge on any atom is 0.318 e. The molecule has 1 atom stereocenters. The van der Waals surface area contributed by atoms with Crippen LogP contribution in [0.15, 0.2) is 48.9 Å². The highest BCUT2D eigenvalue weighted by molar-refractivity contribution is 5.75. The van der Waals surface area contributed by atoms with Crippen LogP contribution < -0.4 is 10.2 Å². The molecule has 3 rings (SSSR count). The Labute approximate surface area is 136 Å². The van der Waals surface area contributed by atoms with Gasteiger partial charge in [-0.05, 0) is 31.2 Å². The summed E-state index contributed by atoms with van der Waals surface area (Å²) in [5, 5.41) is 3.02. The predicted octanol–water partition coefficient (Wildman–Crippen LogP) is 2.07. The molecule has 2 aromatic heterocycles. The maximum atomic E-state index is 12.4. The fourth-order valence-electron chi connectivity index (χ4n) is 2.71. The first-order chi connectivity index (χ1) is 11.2. The summed E-state index contributed by atoms with van der Waals surface area (Å²) in [5.74, 6) is 0. The Bertz CT molecular complexity index is 626. The monoisotopic (exact) mass is 311 g/mol. The highest BCUT2D eigenvalue weighted by Crippen LogP contribution is 2.15. The Morgan fingerprint density at radius 1 is 1.09 bits per heavy atom. The summed E-state index contributed by atoms with van der Waals surface area (Å²) in [5.41, 5.74) is 2.03. The first-order valence-corrected chi connectivity index (χ1v) is 7.85. The van der Waals surface area contributed by atoms with Crippen LogP contribution >= 0.6 is 0 Å². The first kappa shape index (κ1) is 15.3. The van der Waals surface area contributed by atoms with Gasteiger partial charge in [0.25, 0.3) is 0 Å². The van der Waals surface area contributed by atoms with Crippen LogP contribution in [0.4, 0.5) is 10.5 Å². The molecule has 120 valence electrons. The Balaban J connectivity index is 1.52. The van der Waals surface area contributed by atoms with E-state index in [0.29, 0.717) is 13.1 Å². The van der Waals surface area contributed by atoms with Crippen molar-refractivity contribution in [3.05, 3.63) is 54.6 Å². The Hall–Kier alpha value is -2.63. The van der Waals surface area contributed by atoms with Gasteiger partial charge < -0.3 is 15.1 Å². The number of pyridine rings is 2. The zero-order chi connectivity index (χ0) is 16.1. The third kappa shape index (κ3) is 3.77. The lowest BCUT2D eigenvalue weighted by Gasteiger charge is -2.36. The van der Waals surface area contributed by atoms with Gasteiger partial charge in [0.1, 0.15) is 0 Å². The van der Waals surface area contributed by atoms with Crippen LogP contribution in [0.5, 0.6) is 0 Å². The SMILES string of the molecule is CC(NC(=O)N1CCN(c2ccncc2)CC1)c1ccccn1. The molecule has 1 fully saturated rings. The molecular weight excluding hydrogens is 290 g/mol. The summed E-state index contributed by atoms with van der Waals surface area (Å²) in [4.78, 5) is 24.8. The van der Waals surface area contributed by atoms with Crippen LogP contribution in [-0.2, 0) is 0 Å². The number of piperazine rings is 1. The zero-order valence-electron chi connectivity index (χ0n) is 13.2. The average molecular weight is 311 g/mol. The predicted molar refractivity (Wildman–Crippen MR) is 89.2 cm³/mol. The standard InChI is InChI=1S/C17H21N5O/c1-14(16-4-2-3-7-19-16)20-17(23)22-12-10-21(11-13-22)15-5-8-18-9-6-15/h2-9,14H,10-13H2,1H3,(H,20,23). The third-order valence-corrected chi connectivity index (χ3v) is 4.07. The minimum Gasteiger partial charge on any atom is -0.368 e. The minimum absolute atomic E-state index is 0.0301. The van der Waals surface area contributed by atoms with Gasteiger partial charge in [0.05, 0.1) is 11.7 Å². The summed E-state index contributed by atoms with van der Waals surface area (Å²) in [6, 6.07) is 9.60. The number of nitrogens with one attached hydrogen (secondary N) is 1. The maximum absolute atomic E-state index is 12.4. The molecule has 0 radical (unpaired) electrons. The lowest BCUT2D eigenvalue weighted by atomic mass is 10.2. The molecule has 6 nitrogen and oxygen atoms in total. The molecule has 1 N–H and O–H groups in total. The van der Waals surface area contributed by atoms with Crippen molar-refractivity contribution in [3.63, 3.8) is 0 Å². The van der Waals surface area contributed by atoms with Crippen molar-refractivity contribution in [2.75, 3.05) is 31.1 Å². The Kier molecular flexibility index (Phi) is 4.71. The van der Waals surface area contributed by atoms with Crippen molar-refractivity contribution in [3.8, 4) is 0 Å². The van der Waals surface area contributed by atoms with E-state index in [-0.39, 0.29) is 12.1 Å². The van der Waals surface area contributed by atoms with E-state index in [0.717, 1.165) is 24.5 Å². The molecule has 2 amide bonds. The van der Waals surface area contributed by atoms with Crippen LogP contribution in [0, 0.1) is 0 Å². The van der Waals surface area contributed by atoms with Gasteiger partial charge in [0.15, 0.2) is 0 Å². The van der Waals surface area contributed by atoms with Crippen molar-refractivity contribution in [2.24, 2.45) is 0 Å². The van der Waals surface area contributed by atoms with Crippen molar-refractivity contribution in [1.82, 2.24) is 20.2 Å². The number of anilines is 1. The highest BCUT2D eigenvalue weighted by atomic mass is 16.2. The van der Waals surface area contributed by atoms with Crippen LogP contribution in [-0.4, -0.2) is 47.1 Å². The van der Waals surface area contributed by atoms with E-state index < -0.39 is 0 Å². The number of carbonyl (C=O) groups is 1. The number of aromatic nitrogens is 2. The van der Waals surface area contributed by atoms with Gasteiger partial charge in [-0.15, -0.1) is 0 Å². The quantitative estimate of drug-likeness (QED) is 0.942. The normalized spacial score (nSPS) is 16.0. The van der Waals surface area contributed by atoms with Crippen LogP contribution in [0.2, 0.25) is 0 Å². The van der Waals surface area contributed by atoms with Gasteiger partial charge >= 0.3 is 6.03 Å². The van der Waals surface area contributed by atoms with Gasteiger partial charge in [-0.25, -0.2) is 4.79 Å². The van der Waals surface area contributed by atoms with E-state index in [9.17, 15) is 4.79 Å². The van der Waals surface area contributed by atoms with E-state index in [1.54, 1.807) is 18.6 Å². The van der Waals surface area contributed by atoms with E-state index in [4.69, 9.17) is 0 Å². The molecule has 0 spiro atoms. The number of amides is 2. The molecule has 0 aliphatic carbocycles. The number of hydrogen-bond acceptors (Lipinski definition) is 4. The van der Waals surface area contributed by atoms with Gasteiger partial charge in [-0.2, -0.15) is 0 Å². The minimum atomic E-state index is -0.0954. The van der Waals surface area contributed by atoms with E-state index in [1.165, 1.54) is 0 Å². The molecule has 1 aliphatic heterocycles. The summed E-state index contributed by atoms with van der Waals surface area (Å²) >= 11 is 0. The smallest absolute Gasteiger partial charge is 0.318 e. The molecule has 1 saturated heterocycles. The number of hydrogen-bond donors (Lipinski definition) is 1. The van der Waals surface area contributed by atoms with Crippen molar-refractivity contribution in [1.29, 1.82) is 0 Å². The van der Waals surface area contributed by atoms with Crippen molar-refractivity contribution >= 4 is 11.7 Å². The van der Waals surface area contributed by atoms with Crippen LogP contribution in [0.1, 0.15) is 18.7 Å². The second-order valence-electron chi connectivity index (χ2n) is 5.61. The Morgan fingerprint density at radius 2 is 1.83 bits per heavy atom. The van der Waals surface area contributed by atoms with E-state index in [2.05, 4.69) is 20.2 Å². The molecule has 3 heterocycles. The molecular formula is C17H21N5O. The zero-order valence-corrected chi connectivity index (χ0v) is 13.2. The first-order valence-electron chi connectivity index (χ1n) is 7.85. The van der Waals surface area contributed by atoms with Crippen LogP contribution in [0.25, 0.3) is 0 Å².